The number of carboxylic acids is 1. The molecule has 1 aromatic rings. The number of hydrogen-bond acceptors (Lipinski definition) is 4. The topological polar surface area (TPSA) is 104 Å². The van der Waals surface area contributed by atoms with Crippen LogP contribution in [0.5, 0.6) is 0 Å². The van der Waals surface area contributed by atoms with Gasteiger partial charge in [0.15, 0.2) is 0 Å². The lowest BCUT2D eigenvalue weighted by Crippen LogP contribution is -2.41. The molecule has 0 fully saturated rings. The van der Waals surface area contributed by atoms with Crippen molar-refractivity contribution in [3.05, 3.63) is 29.8 Å². The molecule has 1 atom stereocenters. The van der Waals surface area contributed by atoms with Crippen LogP contribution >= 0.6 is 0 Å². The largest absolute Gasteiger partial charge is 0.480 e. The Morgan fingerprint density at radius 3 is 2.22 bits per heavy atom. The predicted molar refractivity (Wildman–Crippen MR) is 85.7 cm³/mol. The summed E-state index contributed by atoms with van der Waals surface area (Å²) in [4.78, 5) is 24.7. The van der Waals surface area contributed by atoms with E-state index in [2.05, 4.69) is 4.72 Å². The Labute approximate surface area is 136 Å². The minimum atomic E-state index is -3.58. The average molecular weight is 342 g/mol. The maximum Gasteiger partial charge on any atom is 0.323 e. The van der Waals surface area contributed by atoms with Crippen LogP contribution < -0.4 is 4.72 Å². The van der Waals surface area contributed by atoms with Crippen molar-refractivity contribution in [3.63, 3.8) is 0 Å². The number of benzene rings is 1. The zero-order valence-corrected chi connectivity index (χ0v) is 14.3. The first kappa shape index (κ1) is 19.1. The first-order valence-corrected chi connectivity index (χ1v) is 8.83. The maximum absolute atomic E-state index is 12.5. The van der Waals surface area contributed by atoms with Gasteiger partial charge in [0.1, 0.15) is 6.54 Å². The van der Waals surface area contributed by atoms with E-state index in [9.17, 15) is 18.0 Å². The number of nitrogens with one attached hydrogen (secondary N) is 1. The number of hydrogen-bond donors (Lipinski definition) is 2. The summed E-state index contributed by atoms with van der Waals surface area (Å²) in [6.45, 7) is 5.17. The second kappa shape index (κ2) is 8.07. The highest BCUT2D eigenvalue weighted by molar-refractivity contribution is 7.89. The highest BCUT2D eigenvalue weighted by Crippen LogP contribution is 2.14. The summed E-state index contributed by atoms with van der Waals surface area (Å²) < 4.78 is 26.1. The van der Waals surface area contributed by atoms with E-state index >= 15 is 0 Å². The van der Waals surface area contributed by atoms with Crippen molar-refractivity contribution >= 4 is 21.9 Å². The number of sulfonamides is 1. The van der Waals surface area contributed by atoms with Crippen LogP contribution in [0.15, 0.2) is 29.2 Å². The van der Waals surface area contributed by atoms with Crippen LogP contribution in [0.1, 0.15) is 37.6 Å². The Kier molecular flexibility index (Phi) is 6.71. The molecule has 0 bridgehead atoms. The van der Waals surface area contributed by atoms with Crippen LogP contribution in [0.3, 0.4) is 0 Å². The zero-order chi connectivity index (χ0) is 17.6. The lowest BCUT2D eigenvalue weighted by molar-refractivity contribution is -0.138. The fourth-order valence-corrected chi connectivity index (χ4v) is 3.05. The third kappa shape index (κ3) is 5.04. The SMILES string of the molecule is CCNS(=O)(=O)c1ccc(C(=O)N(CC(=O)O)C(C)CC)cc1. The van der Waals surface area contributed by atoms with Crippen LogP contribution in [0.25, 0.3) is 0 Å². The van der Waals surface area contributed by atoms with Crippen molar-refractivity contribution in [3.8, 4) is 0 Å². The fraction of sp³-hybridized carbons (Fsp3) is 0.467. The van der Waals surface area contributed by atoms with Gasteiger partial charge in [-0.05, 0) is 37.6 Å². The first-order valence-electron chi connectivity index (χ1n) is 7.35. The number of rotatable bonds is 8. The van der Waals surface area contributed by atoms with Gasteiger partial charge in [-0.3, -0.25) is 9.59 Å². The normalized spacial score (nSPS) is 12.7. The third-order valence-corrected chi connectivity index (χ3v) is 5.00. The highest BCUT2D eigenvalue weighted by Gasteiger charge is 2.23. The van der Waals surface area contributed by atoms with Gasteiger partial charge in [-0.2, -0.15) is 0 Å². The number of carboxylic acid groups (broad SMARTS) is 1. The number of nitrogens with zero attached hydrogens (tertiary/aromatic N) is 1. The van der Waals surface area contributed by atoms with E-state index in [1.807, 2.05) is 6.92 Å². The molecule has 0 saturated carbocycles. The third-order valence-electron chi connectivity index (χ3n) is 3.44. The maximum atomic E-state index is 12.5. The molecule has 0 heterocycles. The second-order valence-corrected chi connectivity index (χ2v) is 6.88. The number of carbonyl (C=O) groups excluding carboxylic acids is 1. The number of carbonyl (C=O) groups is 2. The van der Waals surface area contributed by atoms with Crippen LogP contribution in [0, 0.1) is 0 Å². The van der Waals surface area contributed by atoms with Crippen LogP contribution in [0.4, 0.5) is 0 Å². The molecule has 1 aromatic carbocycles. The van der Waals surface area contributed by atoms with Gasteiger partial charge < -0.3 is 10.0 Å². The summed E-state index contributed by atoms with van der Waals surface area (Å²) >= 11 is 0. The van der Waals surface area contributed by atoms with E-state index in [0.717, 1.165) is 0 Å². The molecule has 1 unspecified atom stereocenters. The van der Waals surface area contributed by atoms with Crippen LogP contribution in [-0.4, -0.2) is 49.4 Å². The molecule has 0 aromatic heterocycles. The second-order valence-electron chi connectivity index (χ2n) is 5.11. The molecule has 0 saturated heterocycles. The first-order chi connectivity index (χ1) is 10.7. The minimum absolute atomic E-state index is 0.0595. The van der Waals surface area contributed by atoms with Gasteiger partial charge >= 0.3 is 5.97 Å². The van der Waals surface area contributed by atoms with Crippen molar-refractivity contribution in [2.75, 3.05) is 13.1 Å². The van der Waals surface area contributed by atoms with Crippen LogP contribution in [0.2, 0.25) is 0 Å². The van der Waals surface area contributed by atoms with Gasteiger partial charge in [0.2, 0.25) is 10.0 Å². The molecule has 8 heteroatoms. The molecule has 1 amide bonds. The monoisotopic (exact) mass is 342 g/mol. The molecule has 0 radical (unpaired) electrons. The van der Waals surface area contributed by atoms with E-state index < -0.39 is 28.4 Å². The smallest absolute Gasteiger partial charge is 0.323 e. The molecular weight excluding hydrogens is 320 g/mol. The minimum Gasteiger partial charge on any atom is -0.480 e. The Morgan fingerprint density at radius 1 is 1.22 bits per heavy atom. The van der Waals surface area contributed by atoms with Crippen molar-refractivity contribution < 1.29 is 23.1 Å². The Morgan fingerprint density at radius 2 is 1.78 bits per heavy atom. The molecule has 2 N–H and O–H groups in total. The summed E-state index contributed by atoms with van der Waals surface area (Å²) in [6, 6.07) is 5.22. The van der Waals surface area contributed by atoms with E-state index in [1.165, 1.54) is 29.2 Å². The summed E-state index contributed by atoms with van der Waals surface area (Å²) in [5.41, 5.74) is 0.252. The summed E-state index contributed by atoms with van der Waals surface area (Å²) in [5.74, 6) is -1.53. The molecule has 0 aliphatic heterocycles. The van der Waals surface area contributed by atoms with Gasteiger partial charge in [0.25, 0.3) is 5.91 Å². The van der Waals surface area contributed by atoms with E-state index in [1.54, 1.807) is 13.8 Å². The van der Waals surface area contributed by atoms with Crippen molar-refractivity contribution in [1.29, 1.82) is 0 Å². The van der Waals surface area contributed by atoms with Crippen molar-refractivity contribution in [2.45, 2.75) is 38.1 Å². The molecule has 0 spiro atoms. The van der Waals surface area contributed by atoms with Crippen LogP contribution in [-0.2, 0) is 14.8 Å². The van der Waals surface area contributed by atoms with E-state index in [-0.39, 0.29) is 23.0 Å². The van der Waals surface area contributed by atoms with Crippen molar-refractivity contribution in [2.24, 2.45) is 0 Å². The molecule has 1 rings (SSSR count). The fourth-order valence-electron chi connectivity index (χ4n) is 2.01. The standard InChI is InChI=1S/C15H22N2O5S/c1-4-11(3)17(10-14(18)19)15(20)12-6-8-13(9-7-12)23(21,22)16-5-2/h6-9,11,16H,4-5,10H2,1-3H3,(H,18,19). The molecule has 7 nitrogen and oxygen atoms in total. The quantitative estimate of drug-likeness (QED) is 0.741. The Balaban J connectivity index is 3.05. The molecule has 128 valence electrons. The number of aliphatic carboxylic acids is 1. The lowest BCUT2D eigenvalue weighted by Gasteiger charge is -2.27. The zero-order valence-electron chi connectivity index (χ0n) is 13.4. The average Bonchev–Trinajstić information content (AvgIpc) is 2.51. The Bertz CT molecular complexity index is 655. The summed E-state index contributed by atoms with van der Waals surface area (Å²) in [7, 11) is -3.58. The predicted octanol–water partition coefficient (Wildman–Crippen LogP) is 1.31. The summed E-state index contributed by atoms with van der Waals surface area (Å²) in [6.07, 6.45) is 0.617. The summed E-state index contributed by atoms with van der Waals surface area (Å²) in [5, 5.41) is 8.95. The molecular formula is C15H22N2O5S. The van der Waals surface area contributed by atoms with Crippen molar-refractivity contribution in [1.82, 2.24) is 9.62 Å². The molecule has 0 aliphatic carbocycles. The molecule has 0 aliphatic rings. The Hall–Kier alpha value is -1.93. The van der Waals surface area contributed by atoms with Gasteiger partial charge in [-0.1, -0.05) is 13.8 Å². The number of amides is 1. The van der Waals surface area contributed by atoms with Gasteiger partial charge in [0, 0.05) is 18.2 Å². The molecule has 23 heavy (non-hydrogen) atoms. The van der Waals surface area contributed by atoms with E-state index in [4.69, 9.17) is 5.11 Å². The van der Waals surface area contributed by atoms with Gasteiger partial charge in [0.05, 0.1) is 4.90 Å². The lowest BCUT2D eigenvalue weighted by atomic mass is 10.1. The highest BCUT2D eigenvalue weighted by atomic mass is 32.2. The van der Waals surface area contributed by atoms with Gasteiger partial charge in [-0.15, -0.1) is 0 Å². The van der Waals surface area contributed by atoms with Gasteiger partial charge in [-0.25, -0.2) is 13.1 Å². The van der Waals surface area contributed by atoms with E-state index in [0.29, 0.717) is 6.42 Å².